The number of nitrogens with one attached hydrogen (secondary N) is 1. The molecule has 50 heavy (non-hydrogen) atoms. The van der Waals surface area contributed by atoms with Crippen molar-refractivity contribution in [3.8, 4) is 0 Å². The van der Waals surface area contributed by atoms with Gasteiger partial charge in [0, 0.05) is 48.3 Å². The van der Waals surface area contributed by atoms with Crippen molar-refractivity contribution in [3.63, 3.8) is 0 Å². The van der Waals surface area contributed by atoms with Gasteiger partial charge in [0.2, 0.25) is 0 Å². The van der Waals surface area contributed by atoms with Crippen LogP contribution in [0.15, 0.2) is 88.7 Å². The van der Waals surface area contributed by atoms with Crippen molar-refractivity contribution in [1.29, 1.82) is 0 Å². The number of nitrogens with zero attached hydrogens (tertiary/aromatic N) is 2. The average molecular weight is 684 g/mol. The van der Waals surface area contributed by atoms with Crippen LogP contribution >= 0.6 is 0 Å². The summed E-state index contributed by atoms with van der Waals surface area (Å²) in [5.41, 5.74) is 2.95. The van der Waals surface area contributed by atoms with Gasteiger partial charge in [-0.05, 0) is 101 Å². The molecule has 1 saturated carbocycles. The van der Waals surface area contributed by atoms with Gasteiger partial charge in [-0.15, -0.1) is 0 Å². The van der Waals surface area contributed by atoms with E-state index in [4.69, 9.17) is 9.15 Å². The second-order valence-corrected chi connectivity index (χ2v) is 14.3. The van der Waals surface area contributed by atoms with Gasteiger partial charge < -0.3 is 24.7 Å². The fourth-order valence-electron chi connectivity index (χ4n) is 6.53. The predicted octanol–water partition coefficient (Wildman–Crippen LogP) is 6.75. The van der Waals surface area contributed by atoms with E-state index in [1.165, 1.54) is 10.6 Å². The van der Waals surface area contributed by atoms with E-state index in [1.807, 2.05) is 74.2 Å². The molecule has 0 spiro atoms. The van der Waals surface area contributed by atoms with Crippen LogP contribution in [0.3, 0.4) is 0 Å². The number of Topliss-reactive ketones (excluding diaryl/α,β-unsaturated/α-hetero) is 1. The number of fused-ring (bicyclic) bond motifs is 1. The zero-order valence-corrected chi connectivity index (χ0v) is 28.8. The molecule has 3 atom stereocenters. The van der Waals surface area contributed by atoms with Crippen molar-refractivity contribution in [2.75, 3.05) is 26.2 Å². The van der Waals surface area contributed by atoms with Crippen molar-refractivity contribution < 1.29 is 33.3 Å². The molecule has 3 unspecified atom stereocenters. The monoisotopic (exact) mass is 683 g/mol. The molecular formula is C40H46FN3O6. The van der Waals surface area contributed by atoms with Gasteiger partial charge in [-0.1, -0.05) is 36.4 Å². The maximum absolute atomic E-state index is 14.8. The number of halogens is 1. The zero-order chi connectivity index (χ0) is 35.4. The van der Waals surface area contributed by atoms with E-state index in [1.54, 1.807) is 30.7 Å². The van der Waals surface area contributed by atoms with Gasteiger partial charge in [0.1, 0.15) is 17.2 Å². The fraction of sp³-hybridized carbons (Fsp3) is 0.400. The molecule has 2 aromatic heterocycles. The summed E-state index contributed by atoms with van der Waals surface area (Å²) in [6, 6.07) is 17.0. The molecule has 0 amide bonds. The molecule has 3 N–H and O–H groups in total. The van der Waals surface area contributed by atoms with E-state index in [2.05, 4.69) is 5.32 Å². The molecule has 9 nitrogen and oxygen atoms in total. The first kappa shape index (κ1) is 35.5. The summed E-state index contributed by atoms with van der Waals surface area (Å²) in [4.78, 5) is 28.2. The number of para-hydroxylation sites is 1. The number of aromatic nitrogens is 1. The van der Waals surface area contributed by atoms with Gasteiger partial charge in [0.25, 0.3) is 0 Å². The minimum absolute atomic E-state index is 0.0318. The standard InChI is InChI=1S/C30H33FN2O4.C10H13NO2/c1-30(2,3)37-29(36)33-18-20(22-8-5-7-11-25(22)33)16-21-17-32(15-14-26(21)34)27(28(35)19-12-13-19)23-9-4-6-10-24(23)31;12-10-3-4-11-7-8(10)6-9-2-1-5-13-9/h4-11,16,18-19,26-27,34H,12-15,17H2,1-3H3;1-2,5-6,10-12H,3-4,7H2/b21-16+;8-6+. The predicted molar refractivity (Wildman–Crippen MR) is 191 cm³/mol. The highest BCUT2D eigenvalue weighted by atomic mass is 19.1. The number of rotatable bonds is 6. The van der Waals surface area contributed by atoms with E-state index in [0.717, 1.165) is 60.2 Å². The van der Waals surface area contributed by atoms with E-state index < -0.39 is 29.7 Å². The Hall–Kier alpha value is -4.35. The van der Waals surface area contributed by atoms with Crippen LogP contribution in [0.2, 0.25) is 0 Å². The topological polar surface area (TPSA) is 117 Å². The van der Waals surface area contributed by atoms with Crippen LogP contribution in [0.25, 0.3) is 23.1 Å². The largest absolute Gasteiger partial charge is 0.465 e. The van der Waals surface area contributed by atoms with Crippen LogP contribution in [0.1, 0.15) is 69.4 Å². The summed E-state index contributed by atoms with van der Waals surface area (Å²) < 4.78 is 27.1. The Labute approximate surface area is 292 Å². The summed E-state index contributed by atoms with van der Waals surface area (Å²) in [5, 5.41) is 24.6. The SMILES string of the molecule is CC(C)(C)OC(=O)n1cc(/C=C2\CN(C(C(=O)C3CC3)c3ccccc3F)CCC2O)c2ccccc21.OC1CCNC/C1=C\c1ccco1. The van der Waals surface area contributed by atoms with Crippen LogP contribution in [-0.4, -0.2) is 75.5 Å². The molecule has 4 heterocycles. The molecule has 2 saturated heterocycles. The first-order valence-electron chi connectivity index (χ1n) is 17.4. The lowest BCUT2D eigenvalue weighted by atomic mass is 9.92. The smallest absolute Gasteiger partial charge is 0.419 e. The van der Waals surface area contributed by atoms with Crippen molar-refractivity contribution in [3.05, 3.63) is 107 Å². The molecule has 4 aromatic rings. The Morgan fingerprint density at radius 1 is 0.960 bits per heavy atom. The molecule has 7 rings (SSSR count). The number of carbonyl (C=O) groups is 2. The number of furan rings is 1. The molecule has 10 heteroatoms. The number of hydrogen-bond donors (Lipinski definition) is 3. The second kappa shape index (κ2) is 15.3. The van der Waals surface area contributed by atoms with Gasteiger partial charge in [0.15, 0.2) is 5.78 Å². The number of aliphatic hydroxyl groups excluding tert-OH is 2. The Morgan fingerprint density at radius 3 is 2.40 bits per heavy atom. The van der Waals surface area contributed by atoms with E-state index in [0.29, 0.717) is 30.6 Å². The minimum atomic E-state index is -0.697. The van der Waals surface area contributed by atoms with Gasteiger partial charge >= 0.3 is 6.09 Å². The molecule has 3 aliphatic rings. The quantitative estimate of drug-likeness (QED) is 0.204. The lowest BCUT2D eigenvalue weighted by Gasteiger charge is -2.37. The normalized spacial score (nSPS) is 22.3. The van der Waals surface area contributed by atoms with Crippen LogP contribution in [0.5, 0.6) is 0 Å². The zero-order valence-electron chi connectivity index (χ0n) is 28.8. The van der Waals surface area contributed by atoms with E-state index in [-0.39, 0.29) is 17.8 Å². The van der Waals surface area contributed by atoms with Gasteiger partial charge in [-0.25, -0.2) is 9.18 Å². The highest BCUT2D eigenvalue weighted by Gasteiger charge is 2.41. The summed E-state index contributed by atoms with van der Waals surface area (Å²) in [5.74, 6) is 0.425. The molecule has 0 radical (unpaired) electrons. The number of benzene rings is 2. The number of hydrogen-bond acceptors (Lipinski definition) is 8. The lowest BCUT2D eigenvalue weighted by Crippen LogP contribution is -2.43. The summed E-state index contributed by atoms with van der Waals surface area (Å²) in [6.45, 7) is 7.91. The Bertz CT molecular complexity index is 1870. The molecule has 1 aliphatic carbocycles. The first-order chi connectivity index (χ1) is 24.0. The van der Waals surface area contributed by atoms with Crippen LogP contribution in [0, 0.1) is 11.7 Å². The van der Waals surface area contributed by atoms with Crippen molar-refractivity contribution in [2.45, 2.75) is 70.3 Å². The Kier molecular flexibility index (Phi) is 10.8. The van der Waals surface area contributed by atoms with E-state index >= 15 is 0 Å². The van der Waals surface area contributed by atoms with E-state index in [9.17, 15) is 24.2 Å². The van der Waals surface area contributed by atoms with Crippen molar-refractivity contribution >= 4 is 34.9 Å². The third-order valence-corrected chi connectivity index (χ3v) is 9.21. The van der Waals surface area contributed by atoms with Crippen LogP contribution in [0.4, 0.5) is 9.18 Å². The maximum atomic E-state index is 14.8. The molecular weight excluding hydrogens is 637 g/mol. The average Bonchev–Trinajstić information content (AvgIpc) is 3.69. The molecule has 2 aliphatic heterocycles. The molecule has 2 aromatic carbocycles. The Morgan fingerprint density at radius 2 is 1.70 bits per heavy atom. The van der Waals surface area contributed by atoms with Gasteiger partial charge in [0.05, 0.1) is 30.0 Å². The maximum Gasteiger partial charge on any atom is 0.419 e. The van der Waals surface area contributed by atoms with Crippen LogP contribution < -0.4 is 5.32 Å². The van der Waals surface area contributed by atoms with Crippen LogP contribution in [-0.2, 0) is 9.53 Å². The number of carbonyl (C=O) groups excluding carboxylic acids is 2. The van der Waals surface area contributed by atoms with Crippen molar-refractivity contribution in [2.24, 2.45) is 5.92 Å². The molecule has 0 bridgehead atoms. The minimum Gasteiger partial charge on any atom is -0.465 e. The third-order valence-electron chi connectivity index (χ3n) is 9.21. The highest BCUT2D eigenvalue weighted by molar-refractivity contribution is 5.96. The first-order valence-corrected chi connectivity index (χ1v) is 17.4. The third kappa shape index (κ3) is 8.50. The Balaban J connectivity index is 0.000000278. The second-order valence-electron chi connectivity index (χ2n) is 14.3. The molecule has 3 fully saturated rings. The number of ether oxygens (including phenoxy) is 1. The molecule has 264 valence electrons. The number of ketones is 1. The summed E-state index contributed by atoms with van der Waals surface area (Å²) in [7, 11) is 0. The number of likely N-dealkylation sites (tertiary alicyclic amines) is 1. The number of piperidine rings is 2. The summed E-state index contributed by atoms with van der Waals surface area (Å²) in [6.07, 6.45) is 8.55. The van der Waals surface area contributed by atoms with Gasteiger partial charge in [-0.3, -0.25) is 14.3 Å². The fourth-order valence-corrected chi connectivity index (χ4v) is 6.53. The van der Waals surface area contributed by atoms with Gasteiger partial charge in [-0.2, -0.15) is 0 Å². The summed E-state index contributed by atoms with van der Waals surface area (Å²) >= 11 is 0. The van der Waals surface area contributed by atoms with Crippen molar-refractivity contribution in [1.82, 2.24) is 14.8 Å². The lowest BCUT2D eigenvalue weighted by molar-refractivity contribution is -0.126. The highest BCUT2D eigenvalue weighted by Crippen LogP contribution is 2.39. The number of aliphatic hydroxyl groups is 2.